The molecule has 9 nitrogen and oxygen atoms in total. The molecule has 0 aliphatic carbocycles. The summed E-state index contributed by atoms with van der Waals surface area (Å²) in [5.41, 5.74) is 2.01. The van der Waals surface area contributed by atoms with Gasteiger partial charge in [0.15, 0.2) is 0 Å². The SMILES string of the molecule is Cc1nn(CC(=O)Nc2cc(C(C)(C)C)nn2-c2ccccc2)c(C)c1[N+](=O)[O-]. The fourth-order valence-corrected chi connectivity index (χ4v) is 3.03. The molecular weight excluding hydrogens is 372 g/mol. The van der Waals surface area contributed by atoms with Gasteiger partial charge >= 0.3 is 5.69 Å². The Morgan fingerprint density at radius 1 is 1.17 bits per heavy atom. The molecule has 0 fully saturated rings. The van der Waals surface area contributed by atoms with E-state index in [9.17, 15) is 14.9 Å². The number of nitrogens with zero attached hydrogens (tertiary/aromatic N) is 5. The highest BCUT2D eigenvalue weighted by Crippen LogP contribution is 2.26. The van der Waals surface area contributed by atoms with E-state index in [1.54, 1.807) is 18.5 Å². The van der Waals surface area contributed by atoms with Crippen molar-refractivity contribution in [3.05, 3.63) is 63.6 Å². The molecule has 2 heterocycles. The second-order valence-corrected chi connectivity index (χ2v) is 7.89. The Bertz CT molecular complexity index is 1060. The Balaban J connectivity index is 1.90. The van der Waals surface area contributed by atoms with Gasteiger partial charge in [-0.25, -0.2) is 4.68 Å². The van der Waals surface area contributed by atoms with Crippen molar-refractivity contribution in [3.8, 4) is 5.69 Å². The van der Waals surface area contributed by atoms with Crippen LogP contribution in [0.3, 0.4) is 0 Å². The summed E-state index contributed by atoms with van der Waals surface area (Å²) in [6, 6.07) is 11.3. The Labute approximate surface area is 168 Å². The summed E-state index contributed by atoms with van der Waals surface area (Å²) in [5.74, 6) is 0.185. The van der Waals surface area contributed by atoms with Gasteiger partial charge in [-0.1, -0.05) is 39.0 Å². The van der Waals surface area contributed by atoms with Crippen LogP contribution >= 0.6 is 0 Å². The van der Waals surface area contributed by atoms with Gasteiger partial charge in [0.25, 0.3) is 0 Å². The van der Waals surface area contributed by atoms with Crippen LogP contribution in [0.15, 0.2) is 36.4 Å². The van der Waals surface area contributed by atoms with Crippen molar-refractivity contribution in [1.82, 2.24) is 19.6 Å². The van der Waals surface area contributed by atoms with Crippen LogP contribution in [0, 0.1) is 24.0 Å². The zero-order chi connectivity index (χ0) is 21.3. The van der Waals surface area contributed by atoms with Gasteiger partial charge in [-0.3, -0.25) is 19.6 Å². The van der Waals surface area contributed by atoms with Crippen molar-refractivity contribution in [2.24, 2.45) is 0 Å². The number of anilines is 1. The Morgan fingerprint density at radius 3 is 2.38 bits per heavy atom. The molecule has 29 heavy (non-hydrogen) atoms. The van der Waals surface area contributed by atoms with Crippen molar-refractivity contribution >= 4 is 17.4 Å². The highest BCUT2D eigenvalue weighted by atomic mass is 16.6. The summed E-state index contributed by atoms with van der Waals surface area (Å²) in [4.78, 5) is 23.4. The van der Waals surface area contributed by atoms with E-state index in [-0.39, 0.29) is 29.2 Å². The van der Waals surface area contributed by atoms with Gasteiger partial charge in [0.2, 0.25) is 5.91 Å². The van der Waals surface area contributed by atoms with Crippen LogP contribution in [-0.2, 0) is 16.8 Å². The number of aromatic nitrogens is 4. The topological polar surface area (TPSA) is 108 Å². The highest BCUT2D eigenvalue weighted by molar-refractivity contribution is 5.90. The van der Waals surface area contributed by atoms with Crippen molar-refractivity contribution in [2.45, 2.75) is 46.6 Å². The van der Waals surface area contributed by atoms with Crippen LogP contribution < -0.4 is 5.32 Å². The molecule has 0 radical (unpaired) electrons. The van der Waals surface area contributed by atoms with Crippen molar-refractivity contribution in [2.75, 3.05) is 5.32 Å². The van der Waals surface area contributed by atoms with Gasteiger partial charge in [0, 0.05) is 11.5 Å². The Hall–Kier alpha value is -3.49. The predicted molar refractivity (Wildman–Crippen MR) is 109 cm³/mol. The number of aryl methyl sites for hydroxylation is 1. The van der Waals surface area contributed by atoms with Gasteiger partial charge in [0.05, 0.1) is 16.3 Å². The third-order valence-corrected chi connectivity index (χ3v) is 4.57. The molecule has 3 rings (SSSR count). The number of amides is 1. The van der Waals surface area contributed by atoms with E-state index in [1.807, 2.05) is 57.2 Å². The molecule has 3 aromatic rings. The van der Waals surface area contributed by atoms with E-state index in [4.69, 9.17) is 0 Å². The van der Waals surface area contributed by atoms with Gasteiger partial charge in [-0.15, -0.1) is 0 Å². The van der Waals surface area contributed by atoms with Crippen LogP contribution in [0.2, 0.25) is 0 Å². The monoisotopic (exact) mass is 396 g/mol. The third-order valence-electron chi connectivity index (χ3n) is 4.57. The van der Waals surface area contributed by atoms with E-state index in [0.29, 0.717) is 11.5 Å². The standard InChI is InChI=1S/C20H24N6O3/c1-13-19(26(28)29)14(2)24(22-13)12-18(27)21-17-11-16(20(3,4)5)23-25(17)15-9-7-6-8-10-15/h6-11H,12H2,1-5H3,(H,21,27). The van der Waals surface area contributed by atoms with Crippen LogP contribution in [0.1, 0.15) is 37.9 Å². The van der Waals surface area contributed by atoms with E-state index in [2.05, 4.69) is 15.5 Å². The first-order valence-corrected chi connectivity index (χ1v) is 9.22. The van der Waals surface area contributed by atoms with Crippen molar-refractivity contribution < 1.29 is 9.72 Å². The molecule has 0 aliphatic heterocycles. The van der Waals surface area contributed by atoms with E-state index in [1.165, 1.54) is 4.68 Å². The second kappa shape index (κ2) is 7.50. The smallest absolute Gasteiger partial charge is 0.309 e. The summed E-state index contributed by atoms with van der Waals surface area (Å²) in [7, 11) is 0. The third kappa shape index (κ3) is 4.18. The quantitative estimate of drug-likeness (QED) is 0.524. The van der Waals surface area contributed by atoms with Crippen LogP contribution in [0.4, 0.5) is 11.5 Å². The largest absolute Gasteiger partial charge is 0.312 e. The number of nitro groups is 1. The normalized spacial score (nSPS) is 11.5. The number of rotatable bonds is 5. The molecule has 0 aliphatic rings. The van der Waals surface area contributed by atoms with Crippen molar-refractivity contribution in [3.63, 3.8) is 0 Å². The van der Waals surface area contributed by atoms with Gasteiger partial charge in [0.1, 0.15) is 23.8 Å². The van der Waals surface area contributed by atoms with Crippen LogP contribution in [0.25, 0.3) is 5.69 Å². The maximum atomic E-state index is 12.7. The first-order valence-electron chi connectivity index (χ1n) is 9.22. The van der Waals surface area contributed by atoms with Gasteiger partial charge < -0.3 is 5.32 Å². The summed E-state index contributed by atoms with van der Waals surface area (Å²) in [5, 5.41) is 22.8. The molecular formula is C20H24N6O3. The first-order chi connectivity index (χ1) is 13.6. The van der Waals surface area contributed by atoms with E-state index >= 15 is 0 Å². The minimum Gasteiger partial charge on any atom is -0.309 e. The molecule has 0 unspecified atom stereocenters. The average Bonchev–Trinajstić information content (AvgIpc) is 3.16. The fraction of sp³-hybridized carbons (Fsp3) is 0.350. The minimum absolute atomic E-state index is 0.0675. The molecule has 0 saturated carbocycles. The lowest BCUT2D eigenvalue weighted by atomic mass is 9.92. The zero-order valence-corrected chi connectivity index (χ0v) is 17.1. The number of nitrogens with one attached hydrogen (secondary N) is 1. The minimum atomic E-state index is -0.480. The molecule has 0 spiro atoms. The lowest BCUT2D eigenvalue weighted by molar-refractivity contribution is -0.386. The summed E-state index contributed by atoms with van der Waals surface area (Å²) < 4.78 is 3.03. The number of hydrogen-bond donors (Lipinski definition) is 1. The molecule has 0 saturated heterocycles. The molecule has 1 N–H and O–H groups in total. The van der Waals surface area contributed by atoms with Crippen LogP contribution in [0.5, 0.6) is 0 Å². The molecule has 1 amide bonds. The number of carbonyl (C=O) groups is 1. The van der Waals surface area contributed by atoms with E-state index in [0.717, 1.165) is 11.4 Å². The van der Waals surface area contributed by atoms with Gasteiger partial charge in [-0.05, 0) is 26.0 Å². The lowest BCUT2D eigenvalue weighted by Crippen LogP contribution is -2.22. The predicted octanol–water partition coefficient (Wildman–Crippen LogP) is 3.53. The van der Waals surface area contributed by atoms with Crippen molar-refractivity contribution in [1.29, 1.82) is 0 Å². The van der Waals surface area contributed by atoms with Crippen LogP contribution in [-0.4, -0.2) is 30.4 Å². The lowest BCUT2D eigenvalue weighted by Gasteiger charge is -2.14. The summed E-state index contributed by atoms with van der Waals surface area (Å²) in [6.07, 6.45) is 0. The average molecular weight is 396 g/mol. The maximum Gasteiger partial charge on any atom is 0.312 e. The highest BCUT2D eigenvalue weighted by Gasteiger charge is 2.24. The second-order valence-electron chi connectivity index (χ2n) is 7.89. The molecule has 152 valence electrons. The maximum absolute atomic E-state index is 12.7. The number of para-hydroxylation sites is 1. The van der Waals surface area contributed by atoms with E-state index < -0.39 is 4.92 Å². The fourth-order valence-electron chi connectivity index (χ4n) is 3.03. The zero-order valence-electron chi connectivity index (χ0n) is 17.1. The number of hydrogen-bond acceptors (Lipinski definition) is 5. The first kappa shape index (κ1) is 20.2. The molecule has 1 aromatic carbocycles. The number of benzene rings is 1. The number of carbonyl (C=O) groups excluding carboxylic acids is 1. The molecule has 2 aromatic heterocycles. The van der Waals surface area contributed by atoms with Gasteiger partial charge in [-0.2, -0.15) is 10.2 Å². The Kier molecular flexibility index (Phi) is 5.23. The Morgan fingerprint density at radius 2 is 1.83 bits per heavy atom. The molecule has 9 heteroatoms. The summed E-state index contributed by atoms with van der Waals surface area (Å²) in [6.45, 7) is 9.14. The molecule has 0 bridgehead atoms. The molecule has 0 atom stereocenters. The summed E-state index contributed by atoms with van der Waals surface area (Å²) >= 11 is 0.